The normalized spacial score (nSPS) is 11.2. The zero-order chi connectivity index (χ0) is 15.3. The van der Waals surface area contributed by atoms with Crippen molar-refractivity contribution in [3.63, 3.8) is 0 Å². The lowest BCUT2D eigenvalue weighted by Crippen LogP contribution is -2.25. The van der Waals surface area contributed by atoms with Crippen molar-refractivity contribution in [2.45, 2.75) is 12.3 Å². The first-order valence-electron chi connectivity index (χ1n) is 6.01. The van der Waals surface area contributed by atoms with Gasteiger partial charge in [0.1, 0.15) is 6.33 Å². The third-order valence-corrected chi connectivity index (χ3v) is 3.94. The number of nitrogens with one attached hydrogen (secondary N) is 1. The van der Waals surface area contributed by atoms with Crippen LogP contribution in [-0.4, -0.2) is 29.5 Å². The minimum atomic E-state index is -3.58. The minimum absolute atomic E-state index is 0.0542. The lowest BCUT2D eigenvalue weighted by molar-refractivity contribution is 0.0696. The van der Waals surface area contributed by atoms with Gasteiger partial charge in [-0.05, 0) is 23.8 Å². The SMILES string of the molecule is O=C(O)c1cccc(CS(=O)(=O)NCc2ccncn2)c1. The van der Waals surface area contributed by atoms with Crippen molar-refractivity contribution in [3.8, 4) is 0 Å². The van der Waals surface area contributed by atoms with E-state index in [2.05, 4.69) is 14.7 Å². The molecular formula is C13H13N3O4S. The Kier molecular flexibility index (Phi) is 4.61. The highest BCUT2D eigenvalue weighted by atomic mass is 32.2. The number of hydrogen-bond acceptors (Lipinski definition) is 5. The van der Waals surface area contributed by atoms with Gasteiger partial charge in [-0.15, -0.1) is 0 Å². The molecule has 1 aromatic carbocycles. The summed E-state index contributed by atoms with van der Waals surface area (Å²) in [5, 5.41) is 8.88. The first-order chi connectivity index (χ1) is 9.96. The van der Waals surface area contributed by atoms with Crippen LogP contribution in [0.25, 0.3) is 0 Å². The number of nitrogens with zero attached hydrogens (tertiary/aromatic N) is 2. The molecule has 0 atom stereocenters. The summed E-state index contributed by atoms with van der Waals surface area (Å²) in [5.41, 5.74) is 1.01. The van der Waals surface area contributed by atoms with Crippen LogP contribution in [0.3, 0.4) is 0 Å². The Morgan fingerprint density at radius 3 is 2.76 bits per heavy atom. The van der Waals surface area contributed by atoms with Crippen LogP contribution in [0.1, 0.15) is 21.6 Å². The minimum Gasteiger partial charge on any atom is -0.478 e. The molecule has 0 aliphatic heterocycles. The number of carboxylic acids is 1. The molecule has 0 bridgehead atoms. The van der Waals surface area contributed by atoms with E-state index < -0.39 is 16.0 Å². The predicted octanol–water partition coefficient (Wildman–Crippen LogP) is 0.794. The molecule has 21 heavy (non-hydrogen) atoms. The summed E-state index contributed by atoms with van der Waals surface area (Å²) in [7, 11) is -3.58. The summed E-state index contributed by atoms with van der Waals surface area (Å²) < 4.78 is 26.3. The van der Waals surface area contributed by atoms with Crippen LogP contribution in [0.15, 0.2) is 42.9 Å². The van der Waals surface area contributed by atoms with Gasteiger partial charge in [-0.3, -0.25) is 0 Å². The van der Waals surface area contributed by atoms with Crippen LogP contribution in [0.2, 0.25) is 0 Å². The Hall–Kier alpha value is -2.32. The van der Waals surface area contributed by atoms with Crippen LogP contribution >= 0.6 is 0 Å². The molecule has 0 saturated heterocycles. The largest absolute Gasteiger partial charge is 0.478 e. The predicted molar refractivity (Wildman–Crippen MR) is 74.9 cm³/mol. The van der Waals surface area contributed by atoms with Gasteiger partial charge < -0.3 is 5.11 Å². The first-order valence-corrected chi connectivity index (χ1v) is 7.66. The summed E-state index contributed by atoms with van der Waals surface area (Å²) in [5.74, 6) is -1.39. The van der Waals surface area contributed by atoms with Crippen molar-refractivity contribution in [3.05, 3.63) is 59.7 Å². The Morgan fingerprint density at radius 2 is 2.10 bits per heavy atom. The Balaban J connectivity index is 2.04. The van der Waals surface area contributed by atoms with Gasteiger partial charge in [-0.25, -0.2) is 27.9 Å². The van der Waals surface area contributed by atoms with Crippen molar-refractivity contribution in [2.24, 2.45) is 0 Å². The van der Waals surface area contributed by atoms with Gasteiger partial charge in [-0.2, -0.15) is 0 Å². The smallest absolute Gasteiger partial charge is 0.335 e. The summed E-state index contributed by atoms with van der Waals surface area (Å²) >= 11 is 0. The molecule has 0 saturated carbocycles. The maximum Gasteiger partial charge on any atom is 0.335 e. The number of carbonyl (C=O) groups is 1. The average Bonchev–Trinajstić information content (AvgIpc) is 2.46. The van der Waals surface area contributed by atoms with Gasteiger partial charge in [0.15, 0.2) is 0 Å². The van der Waals surface area contributed by atoms with Gasteiger partial charge in [0.05, 0.1) is 23.6 Å². The van der Waals surface area contributed by atoms with Crippen LogP contribution < -0.4 is 4.72 Å². The van der Waals surface area contributed by atoms with E-state index in [0.717, 1.165) is 0 Å². The standard InChI is InChI=1S/C13H13N3O4S/c17-13(18)11-3-1-2-10(6-11)8-21(19,20)16-7-12-4-5-14-9-15-12/h1-6,9,16H,7-8H2,(H,17,18). The van der Waals surface area contributed by atoms with E-state index in [0.29, 0.717) is 11.3 Å². The highest BCUT2D eigenvalue weighted by molar-refractivity contribution is 7.88. The number of aromatic carboxylic acids is 1. The van der Waals surface area contributed by atoms with Crippen molar-refractivity contribution in [2.75, 3.05) is 0 Å². The highest BCUT2D eigenvalue weighted by Crippen LogP contribution is 2.09. The molecule has 2 N–H and O–H groups in total. The van der Waals surface area contributed by atoms with Gasteiger partial charge >= 0.3 is 5.97 Å². The first kappa shape index (κ1) is 15.1. The van der Waals surface area contributed by atoms with Gasteiger partial charge in [-0.1, -0.05) is 12.1 Å². The van der Waals surface area contributed by atoms with E-state index in [1.54, 1.807) is 12.1 Å². The quantitative estimate of drug-likeness (QED) is 0.816. The fourth-order valence-electron chi connectivity index (χ4n) is 1.67. The Labute approximate surface area is 121 Å². The van der Waals surface area contributed by atoms with E-state index in [1.807, 2.05) is 0 Å². The second-order valence-electron chi connectivity index (χ2n) is 4.29. The molecule has 0 amide bonds. The molecule has 1 aromatic heterocycles. The maximum absolute atomic E-state index is 12.0. The summed E-state index contributed by atoms with van der Waals surface area (Å²) in [6.07, 6.45) is 2.85. The van der Waals surface area contributed by atoms with Crippen LogP contribution in [0.4, 0.5) is 0 Å². The molecule has 0 unspecified atom stereocenters. The van der Waals surface area contributed by atoms with Gasteiger partial charge in [0.2, 0.25) is 10.0 Å². The number of rotatable bonds is 6. The maximum atomic E-state index is 12.0. The van der Waals surface area contributed by atoms with Crippen LogP contribution in [0.5, 0.6) is 0 Å². The molecule has 2 aromatic rings. The molecule has 8 heteroatoms. The molecular weight excluding hydrogens is 294 g/mol. The van der Waals surface area contributed by atoms with E-state index >= 15 is 0 Å². The third kappa shape index (κ3) is 4.62. The van der Waals surface area contributed by atoms with Crippen LogP contribution in [-0.2, 0) is 22.3 Å². The fraction of sp³-hybridized carbons (Fsp3) is 0.154. The van der Waals surface area contributed by atoms with E-state index in [9.17, 15) is 13.2 Å². The number of sulfonamides is 1. The van der Waals surface area contributed by atoms with E-state index in [1.165, 1.54) is 30.7 Å². The molecule has 1 heterocycles. The molecule has 0 spiro atoms. The van der Waals surface area contributed by atoms with E-state index in [-0.39, 0.29) is 17.9 Å². The Morgan fingerprint density at radius 1 is 1.29 bits per heavy atom. The molecule has 0 aliphatic rings. The van der Waals surface area contributed by atoms with E-state index in [4.69, 9.17) is 5.11 Å². The van der Waals surface area contributed by atoms with Gasteiger partial charge in [0.25, 0.3) is 0 Å². The number of carboxylic acid groups (broad SMARTS) is 1. The number of benzene rings is 1. The number of hydrogen-bond donors (Lipinski definition) is 2. The lowest BCUT2D eigenvalue weighted by Gasteiger charge is -2.07. The van der Waals surface area contributed by atoms with Crippen molar-refractivity contribution >= 4 is 16.0 Å². The van der Waals surface area contributed by atoms with Crippen molar-refractivity contribution in [1.82, 2.24) is 14.7 Å². The molecule has 0 radical (unpaired) electrons. The highest BCUT2D eigenvalue weighted by Gasteiger charge is 2.13. The van der Waals surface area contributed by atoms with Crippen molar-refractivity contribution in [1.29, 1.82) is 0 Å². The monoisotopic (exact) mass is 307 g/mol. The molecule has 0 aliphatic carbocycles. The van der Waals surface area contributed by atoms with Crippen LogP contribution in [0, 0.1) is 0 Å². The molecule has 0 fully saturated rings. The summed E-state index contributed by atoms with van der Waals surface area (Å²) in [4.78, 5) is 18.5. The molecule has 7 nitrogen and oxygen atoms in total. The fourth-order valence-corrected chi connectivity index (χ4v) is 2.76. The molecule has 110 valence electrons. The number of aromatic nitrogens is 2. The second kappa shape index (κ2) is 6.42. The summed E-state index contributed by atoms with van der Waals surface area (Å²) in [6, 6.07) is 7.43. The zero-order valence-corrected chi connectivity index (χ0v) is 11.7. The lowest BCUT2D eigenvalue weighted by atomic mass is 10.1. The zero-order valence-electron chi connectivity index (χ0n) is 10.9. The second-order valence-corrected chi connectivity index (χ2v) is 6.09. The Bertz CT molecular complexity index is 732. The topological polar surface area (TPSA) is 109 Å². The van der Waals surface area contributed by atoms with Crippen molar-refractivity contribution < 1.29 is 18.3 Å². The molecule has 2 rings (SSSR count). The van der Waals surface area contributed by atoms with Gasteiger partial charge in [0, 0.05) is 6.20 Å². The third-order valence-electron chi connectivity index (χ3n) is 2.65. The summed E-state index contributed by atoms with van der Waals surface area (Å²) in [6.45, 7) is 0.0590. The average molecular weight is 307 g/mol.